The van der Waals surface area contributed by atoms with Gasteiger partial charge in [0.1, 0.15) is 11.9 Å². The summed E-state index contributed by atoms with van der Waals surface area (Å²) in [5.41, 5.74) is 0.664. The fraction of sp³-hybridized carbons (Fsp3) is 0.429. The van der Waals surface area contributed by atoms with Gasteiger partial charge in [-0.15, -0.1) is 0 Å². The molecule has 0 aromatic heterocycles. The molecule has 0 saturated heterocycles. The highest BCUT2D eigenvalue weighted by Crippen LogP contribution is 2.36. The maximum absolute atomic E-state index is 12.3. The lowest BCUT2D eigenvalue weighted by Crippen LogP contribution is -2.42. The number of nitrogens with zero attached hydrogens (tertiary/aromatic N) is 1. The number of anilines is 1. The first kappa shape index (κ1) is 14.7. The lowest BCUT2D eigenvalue weighted by atomic mass is 10.1. The Hall–Kier alpha value is -1.75. The molecule has 2 rings (SSSR count). The van der Waals surface area contributed by atoms with E-state index in [-0.39, 0.29) is 30.8 Å². The van der Waals surface area contributed by atoms with Crippen LogP contribution in [-0.4, -0.2) is 31.5 Å². The number of hydrogen-bond acceptors (Lipinski definition) is 3. The average molecular weight is 297 g/mol. The van der Waals surface area contributed by atoms with E-state index in [1.807, 2.05) is 6.92 Å². The molecule has 1 N–H and O–H groups in total. The van der Waals surface area contributed by atoms with Crippen molar-refractivity contribution in [3.63, 3.8) is 0 Å². The van der Waals surface area contributed by atoms with Crippen LogP contribution in [-0.2, 0) is 9.59 Å². The molecule has 0 spiro atoms. The number of ether oxygens (including phenoxy) is 1. The number of hydrogen-bond donors (Lipinski definition) is 1. The van der Waals surface area contributed by atoms with E-state index in [1.165, 1.54) is 0 Å². The van der Waals surface area contributed by atoms with Crippen molar-refractivity contribution in [2.45, 2.75) is 25.9 Å². The molecule has 1 aromatic rings. The quantitative estimate of drug-likeness (QED) is 0.928. The molecule has 20 heavy (non-hydrogen) atoms. The summed E-state index contributed by atoms with van der Waals surface area (Å²) in [6.45, 7) is 2.36. The molecule has 1 aliphatic heterocycles. The highest BCUT2D eigenvalue weighted by Gasteiger charge is 2.27. The lowest BCUT2D eigenvalue weighted by molar-refractivity contribution is -0.125. The molecule has 6 heteroatoms. The van der Waals surface area contributed by atoms with Crippen LogP contribution < -0.4 is 15.0 Å². The van der Waals surface area contributed by atoms with Gasteiger partial charge in [0.2, 0.25) is 11.8 Å². The second-order valence-electron chi connectivity index (χ2n) is 4.72. The van der Waals surface area contributed by atoms with Crippen molar-refractivity contribution in [1.82, 2.24) is 5.32 Å². The molecule has 0 fully saturated rings. The van der Waals surface area contributed by atoms with Gasteiger partial charge >= 0.3 is 0 Å². The molecule has 0 bridgehead atoms. The summed E-state index contributed by atoms with van der Waals surface area (Å²) in [7, 11) is 1.55. The maximum Gasteiger partial charge on any atom is 0.227 e. The first-order valence-electron chi connectivity index (χ1n) is 6.48. The fourth-order valence-electron chi connectivity index (χ4n) is 2.13. The highest BCUT2D eigenvalue weighted by molar-refractivity contribution is 6.31. The molecule has 0 unspecified atom stereocenters. The summed E-state index contributed by atoms with van der Waals surface area (Å²) in [5, 5.41) is 3.05. The molecule has 2 amide bonds. The SMILES string of the molecule is CNC(=O)CCC(=O)N1C[C@H](C)Oc2ccc(Cl)cc21. The van der Waals surface area contributed by atoms with Crippen LogP contribution in [0, 0.1) is 0 Å². The van der Waals surface area contributed by atoms with Crippen molar-refractivity contribution in [3.8, 4) is 5.75 Å². The van der Waals surface area contributed by atoms with Crippen LogP contribution in [0.25, 0.3) is 0 Å². The number of halogens is 1. The zero-order valence-corrected chi connectivity index (χ0v) is 12.2. The highest BCUT2D eigenvalue weighted by atomic mass is 35.5. The van der Waals surface area contributed by atoms with Crippen LogP contribution in [0.5, 0.6) is 5.75 Å². The molecule has 0 saturated carbocycles. The monoisotopic (exact) mass is 296 g/mol. The van der Waals surface area contributed by atoms with Crippen molar-refractivity contribution >= 4 is 29.1 Å². The number of fused-ring (bicyclic) bond motifs is 1. The first-order valence-corrected chi connectivity index (χ1v) is 6.86. The number of rotatable bonds is 3. The van der Waals surface area contributed by atoms with Crippen molar-refractivity contribution in [2.75, 3.05) is 18.5 Å². The van der Waals surface area contributed by atoms with Crippen LogP contribution in [0.2, 0.25) is 5.02 Å². The van der Waals surface area contributed by atoms with E-state index in [0.29, 0.717) is 23.0 Å². The summed E-state index contributed by atoms with van der Waals surface area (Å²) in [4.78, 5) is 25.2. The van der Waals surface area contributed by atoms with Crippen LogP contribution in [0.4, 0.5) is 5.69 Å². The minimum atomic E-state index is -0.147. The third-order valence-electron chi connectivity index (χ3n) is 3.13. The summed E-state index contributed by atoms with van der Waals surface area (Å²) in [6, 6.07) is 5.19. The fourth-order valence-corrected chi connectivity index (χ4v) is 2.29. The van der Waals surface area contributed by atoms with Gasteiger partial charge < -0.3 is 15.0 Å². The normalized spacial score (nSPS) is 17.1. The van der Waals surface area contributed by atoms with Crippen molar-refractivity contribution in [3.05, 3.63) is 23.2 Å². The third-order valence-corrected chi connectivity index (χ3v) is 3.36. The van der Waals surface area contributed by atoms with E-state index in [9.17, 15) is 9.59 Å². The average Bonchev–Trinajstić information content (AvgIpc) is 2.43. The van der Waals surface area contributed by atoms with Crippen molar-refractivity contribution in [2.24, 2.45) is 0 Å². The number of benzene rings is 1. The van der Waals surface area contributed by atoms with Gasteiger partial charge in [-0.3, -0.25) is 9.59 Å². The van der Waals surface area contributed by atoms with E-state index < -0.39 is 0 Å². The summed E-state index contributed by atoms with van der Waals surface area (Å²) >= 11 is 5.98. The number of nitrogens with one attached hydrogen (secondary N) is 1. The van der Waals surface area contributed by atoms with Crippen molar-refractivity contribution in [1.29, 1.82) is 0 Å². The second kappa shape index (κ2) is 6.13. The second-order valence-corrected chi connectivity index (χ2v) is 5.15. The molecule has 1 heterocycles. The molecule has 0 radical (unpaired) electrons. The maximum atomic E-state index is 12.3. The van der Waals surface area contributed by atoms with Gasteiger partial charge in [-0.1, -0.05) is 11.6 Å². The van der Waals surface area contributed by atoms with Gasteiger partial charge in [0.15, 0.2) is 0 Å². The molecular formula is C14H17ClN2O3. The molecule has 5 nitrogen and oxygen atoms in total. The zero-order chi connectivity index (χ0) is 14.7. The Labute approximate surface area is 122 Å². The Morgan fingerprint density at radius 2 is 2.20 bits per heavy atom. The third kappa shape index (κ3) is 3.22. The molecule has 1 aromatic carbocycles. The Kier molecular flexibility index (Phi) is 4.49. The van der Waals surface area contributed by atoms with E-state index in [1.54, 1.807) is 30.1 Å². The molecule has 1 aliphatic rings. The smallest absolute Gasteiger partial charge is 0.227 e. The van der Waals surface area contributed by atoms with Crippen LogP contribution in [0.15, 0.2) is 18.2 Å². The predicted octanol–water partition coefficient (Wildman–Crippen LogP) is 1.98. The summed E-state index contributed by atoms with van der Waals surface area (Å²) < 4.78 is 5.68. The molecular weight excluding hydrogens is 280 g/mol. The molecule has 108 valence electrons. The topological polar surface area (TPSA) is 58.6 Å². The van der Waals surface area contributed by atoms with Gasteiger partial charge in [-0.25, -0.2) is 0 Å². The van der Waals surface area contributed by atoms with E-state index >= 15 is 0 Å². The van der Waals surface area contributed by atoms with Crippen LogP contribution in [0.1, 0.15) is 19.8 Å². The Morgan fingerprint density at radius 1 is 1.45 bits per heavy atom. The van der Waals surface area contributed by atoms with Crippen LogP contribution in [0.3, 0.4) is 0 Å². The van der Waals surface area contributed by atoms with Gasteiger partial charge in [-0.2, -0.15) is 0 Å². The standard InChI is InChI=1S/C14H17ClN2O3/c1-9-8-17(14(19)6-5-13(18)16-2)11-7-10(15)3-4-12(11)20-9/h3-4,7,9H,5-6,8H2,1-2H3,(H,16,18)/t9-/m0/s1. The minimum Gasteiger partial charge on any atom is -0.487 e. The van der Waals surface area contributed by atoms with E-state index in [4.69, 9.17) is 16.3 Å². The summed E-state index contributed by atoms with van der Waals surface area (Å²) in [5.74, 6) is 0.389. The lowest BCUT2D eigenvalue weighted by Gasteiger charge is -2.33. The Bertz CT molecular complexity index is 533. The largest absolute Gasteiger partial charge is 0.487 e. The molecule has 1 atom stereocenters. The number of amides is 2. The first-order chi connectivity index (χ1) is 9.51. The molecule has 0 aliphatic carbocycles. The van der Waals surface area contributed by atoms with E-state index in [0.717, 1.165) is 0 Å². The summed E-state index contributed by atoms with van der Waals surface area (Å²) in [6.07, 6.45) is 0.252. The van der Waals surface area contributed by atoms with Gasteiger partial charge in [-0.05, 0) is 25.1 Å². The van der Waals surface area contributed by atoms with Crippen LogP contribution >= 0.6 is 11.6 Å². The van der Waals surface area contributed by atoms with E-state index in [2.05, 4.69) is 5.32 Å². The predicted molar refractivity (Wildman–Crippen MR) is 77.2 cm³/mol. The Morgan fingerprint density at radius 3 is 2.90 bits per heavy atom. The van der Waals surface area contributed by atoms with Crippen molar-refractivity contribution < 1.29 is 14.3 Å². The number of carbonyl (C=O) groups is 2. The Balaban J connectivity index is 2.17. The van der Waals surface area contributed by atoms with Gasteiger partial charge in [0.25, 0.3) is 0 Å². The van der Waals surface area contributed by atoms with Gasteiger partial charge in [0, 0.05) is 24.9 Å². The zero-order valence-electron chi connectivity index (χ0n) is 11.5. The minimum absolute atomic E-state index is 0.0902. The number of carbonyl (C=O) groups excluding carboxylic acids is 2. The van der Waals surface area contributed by atoms with Gasteiger partial charge in [0.05, 0.1) is 12.2 Å².